The molecule has 0 fully saturated rings. The van der Waals surface area contributed by atoms with E-state index >= 15 is 0 Å². The molecule has 0 aliphatic rings. The molecule has 5 heteroatoms. The fourth-order valence-corrected chi connectivity index (χ4v) is 1.20. The summed E-state index contributed by atoms with van der Waals surface area (Å²) in [7, 11) is 1.58. The fourth-order valence-electron chi connectivity index (χ4n) is 1.20. The van der Waals surface area contributed by atoms with Gasteiger partial charge in [0.25, 0.3) is 0 Å². The lowest BCUT2D eigenvalue weighted by Gasteiger charge is -2.16. The summed E-state index contributed by atoms with van der Waals surface area (Å²) in [6.45, 7) is 1.37. The maximum Gasteiger partial charge on any atom is 0.416 e. The Kier molecular flexibility index (Phi) is 3.93. The summed E-state index contributed by atoms with van der Waals surface area (Å²) >= 11 is 0. The number of alkyl halides is 3. The monoisotopic (exact) mass is 243 g/mol. The van der Waals surface area contributed by atoms with E-state index in [1.165, 1.54) is 30.2 Å². The summed E-state index contributed by atoms with van der Waals surface area (Å²) in [5, 5.41) is 0. The number of nitrogens with zero attached hydrogens (tertiary/aromatic N) is 1. The van der Waals surface area contributed by atoms with Crippen LogP contribution in [0.15, 0.2) is 36.5 Å². The molecule has 0 atom stereocenters. The number of allylic oxidation sites excluding steroid dienone is 1. The van der Waals surface area contributed by atoms with Gasteiger partial charge in [0.05, 0.1) is 5.56 Å². The van der Waals surface area contributed by atoms with Crippen molar-refractivity contribution in [2.75, 3.05) is 11.9 Å². The van der Waals surface area contributed by atoms with Crippen molar-refractivity contribution in [3.05, 3.63) is 42.1 Å². The third kappa shape index (κ3) is 3.94. The highest BCUT2D eigenvalue weighted by Gasteiger charge is 2.30. The molecule has 1 aromatic rings. The van der Waals surface area contributed by atoms with Crippen molar-refractivity contribution in [1.29, 1.82) is 0 Å². The zero-order valence-corrected chi connectivity index (χ0v) is 9.45. The van der Waals surface area contributed by atoms with Gasteiger partial charge in [-0.1, -0.05) is 6.07 Å². The SMILES string of the molecule is CC(=O)C=CN(C)c1cccc(C(F)(F)F)c1. The van der Waals surface area contributed by atoms with Crippen LogP contribution in [0.1, 0.15) is 12.5 Å². The number of carbonyl (C=O) groups excluding carboxylic acids is 1. The number of benzene rings is 1. The maximum absolute atomic E-state index is 12.5. The van der Waals surface area contributed by atoms with Crippen LogP contribution in [0.2, 0.25) is 0 Å². The molecule has 0 saturated carbocycles. The normalized spacial score (nSPS) is 11.8. The van der Waals surface area contributed by atoms with Gasteiger partial charge in [-0.25, -0.2) is 0 Å². The molecule has 0 N–H and O–H groups in total. The summed E-state index contributed by atoms with van der Waals surface area (Å²) in [5.74, 6) is -0.163. The summed E-state index contributed by atoms with van der Waals surface area (Å²) in [4.78, 5) is 12.2. The molecule has 1 rings (SSSR count). The van der Waals surface area contributed by atoms with Crippen LogP contribution in [-0.2, 0) is 11.0 Å². The smallest absolute Gasteiger partial charge is 0.351 e. The first-order valence-electron chi connectivity index (χ1n) is 4.89. The lowest BCUT2D eigenvalue weighted by atomic mass is 10.2. The Morgan fingerprint density at radius 3 is 2.53 bits per heavy atom. The van der Waals surface area contributed by atoms with E-state index in [-0.39, 0.29) is 5.78 Å². The van der Waals surface area contributed by atoms with Crippen LogP contribution in [0.25, 0.3) is 0 Å². The zero-order chi connectivity index (χ0) is 13.1. The molecule has 0 aliphatic heterocycles. The minimum absolute atomic E-state index is 0.163. The molecule has 1 aromatic carbocycles. The highest BCUT2D eigenvalue weighted by Crippen LogP contribution is 2.31. The van der Waals surface area contributed by atoms with E-state index in [9.17, 15) is 18.0 Å². The molecule has 2 nitrogen and oxygen atoms in total. The summed E-state index contributed by atoms with van der Waals surface area (Å²) in [5.41, 5.74) is -0.338. The first-order valence-corrected chi connectivity index (χ1v) is 4.89. The molecule has 0 bridgehead atoms. The molecule has 0 radical (unpaired) electrons. The molecule has 0 spiro atoms. The van der Waals surface area contributed by atoms with Gasteiger partial charge in [0, 0.05) is 18.9 Å². The predicted octanol–water partition coefficient (Wildman–Crippen LogP) is 3.24. The van der Waals surface area contributed by atoms with Gasteiger partial charge in [0.15, 0.2) is 5.78 Å². The third-order valence-corrected chi connectivity index (χ3v) is 2.11. The van der Waals surface area contributed by atoms with Crippen molar-refractivity contribution in [1.82, 2.24) is 0 Å². The standard InChI is InChI=1S/C12H12F3NO/c1-9(17)6-7-16(2)11-5-3-4-10(8-11)12(13,14)15/h3-8H,1-2H3. The Morgan fingerprint density at radius 2 is 2.00 bits per heavy atom. The number of anilines is 1. The van der Waals surface area contributed by atoms with Crippen LogP contribution >= 0.6 is 0 Å². The molecule has 0 aromatic heterocycles. The van der Waals surface area contributed by atoms with E-state index in [1.54, 1.807) is 13.1 Å². The summed E-state index contributed by atoms with van der Waals surface area (Å²) < 4.78 is 37.4. The number of hydrogen-bond donors (Lipinski definition) is 0. The van der Waals surface area contributed by atoms with Crippen molar-refractivity contribution >= 4 is 11.5 Å². The second-order valence-corrected chi connectivity index (χ2v) is 3.59. The van der Waals surface area contributed by atoms with E-state index in [1.807, 2.05) is 0 Å². The highest BCUT2D eigenvalue weighted by molar-refractivity contribution is 5.87. The second kappa shape index (κ2) is 5.03. The second-order valence-electron chi connectivity index (χ2n) is 3.59. The van der Waals surface area contributed by atoms with Gasteiger partial charge < -0.3 is 4.90 Å². The Morgan fingerprint density at radius 1 is 1.35 bits per heavy atom. The quantitative estimate of drug-likeness (QED) is 0.759. The predicted molar refractivity (Wildman–Crippen MR) is 59.7 cm³/mol. The van der Waals surface area contributed by atoms with Gasteiger partial charge in [-0.3, -0.25) is 4.79 Å². The van der Waals surface area contributed by atoms with E-state index < -0.39 is 11.7 Å². The van der Waals surface area contributed by atoms with Gasteiger partial charge in [-0.05, 0) is 31.2 Å². The topological polar surface area (TPSA) is 20.3 Å². The van der Waals surface area contributed by atoms with E-state index in [0.717, 1.165) is 12.1 Å². The molecule has 0 saturated heterocycles. The molecule has 0 aliphatic carbocycles. The molecular weight excluding hydrogens is 231 g/mol. The number of halogens is 3. The number of ketones is 1. The third-order valence-electron chi connectivity index (χ3n) is 2.11. The van der Waals surface area contributed by atoms with Gasteiger partial charge in [-0.2, -0.15) is 13.2 Å². The average molecular weight is 243 g/mol. The van der Waals surface area contributed by atoms with Crippen molar-refractivity contribution in [3.63, 3.8) is 0 Å². The Hall–Kier alpha value is -1.78. The Balaban J connectivity index is 2.96. The van der Waals surface area contributed by atoms with Crippen LogP contribution in [0.4, 0.5) is 18.9 Å². The van der Waals surface area contributed by atoms with Crippen molar-refractivity contribution in [3.8, 4) is 0 Å². The fraction of sp³-hybridized carbons (Fsp3) is 0.250. The molecular formula is C12H12F3NO. The highest BCUT2D eigenvalue weighted by atomic mass is 19.4. The van der Waals surface area contributed by atoms with E-state index in [2.05, 4.69) is 0 Å². The van der Waals surface area contributed by atoms with Gasteiger partial charge in [0.1, 0.15) is 0 Å². The maximum atomic E-state index is 12.5. The first-order chi connectivity index (χ1) is 7.80. The van der Waals surface area contributed by atoms with E-state index in [4.69, 9.17) is 0 Å². The molecule has 0 unspecified atom stereocenters. The number of carbonyl (C=O) groups is 1. The largest absolute Gasteiger partial charge is 0.416 e. The minimum atomic E-state index is -4.36. The summed E-state index contributed by atoms with van der Waals surface area (Å²) in [6.07, 6.45) is -1.64. The van der Waals surface area contributed by atoms with Crippen LogP contribution in [-0.4, -0.2) is 12.8 Å². The van der Waals surface area contributed by atoms with Crippen LogP contribution in [0.5, 0.6) is 0 Å². The number of rotatable bonds is 3. The van der Waals surface area contributed by atoms with Crippen molar-refractivity contribution < 1.29 is 18.0 Å². The molecule has 17 heavy (non-hydrogen) atoms. The van der Waals surface area contributed by atoms with Gasteiger partial charge in [-0.15, -0.1) is 0 Å². The van der Waals surface area contributed by atoms with Crippen LogP contribution in [0.3, 0.4) is 0 Å². The molecule has 0 heterocycles. The Labute approximate surface area is 97.3 Å². The molecule has 92 valence electrons. The van der Waals surface area contributed by atoms with E-state index in [0.29, 0.717) is 5.69 Å². The lowest BCUT2D eigenvalue weighted by molar-refractivity contribution is -0.137. The zero-order valence-electron chi connectivity index (χ0n) is 9.45. The molecule has 0 amide bonds. The summed E-state index contributed by atoms with van der Waals surface area (Å²) in [6, 6.07) is 4.91. The average Bonchev–Trinajstić information content (AvgIpc) is 2.25. The van der Waals surface area contributed by atoms with Crippen molar-refractivity contribution in [2.45, 2.75) is 13.1 Å². The minimum Gasteiger partial charge on any atom is -0.351 e. The van der Waals surface area contributed by atoms with Gasteiger partial charge in [0.2, 0.25) is 0 Å². The van der Waals surface area contributed by atoms with Crippen LogP contribution in [0, 0.1) is 0 Å². The lowest BCUT2D eigenvalue weighted by Crippen LogP contribution is -2.11. The van der Waals surface area contributed by atoms with Gasteiger partial charge >= 0.3 is 6.18 Å². The number of hydrogen-bond acceptors (Lipinski definition) is 2. The van der Waals surface area contributed by atoms with Crippen LogP contribution < -0.4 is 4.90 Å². The van der Waals surface area contributed by atoms with Crippen molar-refractivity contribution in [2.24, 2.45) is 0 Å². The Bertz CT molecular complexity index is 438. The first kappa shape index (κ1) is 13.3.